The van der Waals surface area contributed by atoms with E-state index >= 15 is 0 Å². The van der Waals surface area contributed by atoms with Gasteiger partial charge in [-0.25, -0.2) is 4.98 Å². The fourth-order valence-corrected chi connectivity index (χ4v) is 4.81. The van der Waals surface area contributed by atoms with Crippen molar-refractivity contribution in [1.29, 1.82) is 0 Å². The molecule has 1 fully saturated rings. The molecule has 5 rings (SSSR count). The molecule has 0 radical (unpaired) electrons. The highest BCUT2D eigenvalue weighted by Gasteiger charge is 2.20. The lowest BCUT2D eigenvalue weighted by Gasteiger charge is -2.34. The van der Waals surface area contributed by atoms with E-state index < -0.39 is 0 Å². The third-order valence-corrected chi connectivity index (χ3v) is 7.01. The Bertz CT molecular complexity index is 1210. The standard InChI is InChI=1S/C28H32N4OS/c1-33-24-10-6-22(7-11-24)14-15-30-16-18-31(19-17-30)21-28-29-26-4-2-3-5-27(26)32(28)20-23-8-12-25(34)13-9-23/h2-13,34H,14-21H2,1H3. The van der Waals surface area contributed by atoms with Crippen molar-refractivity contribution in [1.82, 2.24) is 19.4 Å². The van der Waals surface area contributed by atoms with Gasteiger partial charge in [-0.15, -0.1) is 12.6 Å². The van der Waals surface area contributed by atoms with Crippen molar-refractivity contribution in [3.05, 3.63) is 89.7 Å². The highest BCUT2D eigenvalue weighted by atomic mass is 32.1. The minimum Gasteiger partial charge on any atom is -0.497 e. The van der Waals surface area contributed by atoms with Gasteiger partial charge in [0.1, 0.15) is 11.6 Å². The van der Waals surface area contributed by atoms with Gasteiger partial charge in [-0.2, -0.15) is 0 Å². The second-order valence-corrected chi connectivity index (χ2v) is 9.50. The Balaban J connectivity index is 1.21. The molecule has 2 heterocycles. The van der Waals surface area contributed by atoms with Gasteiger partial charge < -0.3 is 14.2 Å². The number of imidazole rings is 1. The zero-order valence-corrected chi connectivity index (χ0v) is 20.6. The Kier molecular flexibility index (Phi) is 7.19. The van der Waals surface area contributed by atoms with E-state index in [2.05, 4.69) is 87.7 Å². The largest absolute Gasteiger partial charge is 0.497 e. The van der Waals surface area contributed by atoms with Crippen LogP contribution in [0.1, 0.15) is 17.0 Å². The van der Waals surface area contributed by atoms with Gasteiger partial charge in [-0.3, -0.25) is 4.90 Å². The minimum atomic E-state index is 0.825. The Morgan fingerprint density at radius 3 is 2.21 bits per heavy atom. The first kappa shape index (κ1) is 23.0. The Labute approximate surface area is 207 Å². The molecule has 0 bridgehead atoms. The quantitative estimate of drug-likeness (QED) is 0.376. The summed E-state index contributed by atoms with van der Waals surface area (Å²) in [5.41, 5.74) is 4.90. The predicted octanol–water partition coefficient (Wildman–Crippen LogP) is 4.74. The molecule has 176 valence electrons. The van der Waals surface area contributed by atoms with Crippen LogP contribution < -0.4 is 4.74 Å². The Morgan fingerprint density at radius 2 is 1.47 bits per heavy atom. The van der Waals surface area contributed by atoms with Crippen molar-refractivity contribution in [2.24, 2.45) is 0 Å². The van der Waals surface area contributed by atoms with E-state index in [-0.39, 0.29) is 0 Å². The van der Waals surface area contributed by atoms with Crippen molar-refractivity contribution in [2.75, 3.05) is 39.8 Å². The summed E-state index contributed by atoms with van der Waals surface area (Å²) in [6, 6.07) is 25.3. The predicted molar refractivity (Wildman–Crippen MR) is 141 cm³/mol. The molecule has 4 aromatic rings. The summed E-state index contributed by atoms with van der Waals surface area (Å²) in [5.74, 6) is 2.06. The van der Waals surface area contributed by atoms with Gasteiger partial charge in [0.15, 0.2) is 0 Å². The first-order valence-electron chi connectivity index (χ1n) is 12.0. The number of hydrogen-bond donors (Lipinski definition) is 1. The van der Waals surface area contributed by atoms with Crippen LogP contribution in [0, 0.1) is 0 Å². The average Bonchev–Trinajstić information content (AvgIpc) is 3.22. The number of methoxy groups -OCH3 is 1. The molecule has 1 aliphatic rings. The lowest BCUT2D eigenvalue weighted by atomic mass is 10.1. The van der Waals surface area contributed by atoms with Gasteiger partial charge in [0.2, 0.25) is 0 Å². The number of nitrogens with zero attached hydrogens (tertiary/aromatic N) is 4. The second-order valence-electron chi connectivity index (χ2n) is 8.99. The van der Waals surface area contributed by atoms with Gasteiger partial charge in [0.05, 0.1) is 24.7 Å². The van der Waals surface area contributed by atoms with Crippen LogP contribution in [0.25, 0.3) is 11.0 Å². The third-order valence-electron chi connectivity index (χ3n) is 6.72. The minimum absolute atomic E-state index is 0.825. The first-order valence-corrected chi connectivity index (χ1v) is 12.4. The lowest BCUT2D eigenvalue weighted by molar-refractivity contribution is 0.125. The topological polar surface area (TPSA) is 33.5 Å². The van der Waals surface area contributed by atoms with Crippen LogP contribution in [0.2, 0.25) is 0 Å². The van der Waals surface area contributed by atoms with Crippen LogP contribution in [-0.4, -0.2) is 59.2 Å². The summed E-state index contributed by atoms with van der Waals surface area (Å²) < 4.78 is 7.64. The third kappa shape index (κ3) is 5.46. The van der Waals surface area contributed by atoms with Gasteiger partial charge in [0.25, 0.3) is 0 Å². The molecule has 3 aromatic carbocycles. The fraction of sp³-hybridized carbons (Fsp3) is 0.321. The summed E-state index contributed by atoms with van der Waals surface area (Å²) in [5, 5.41) is 0. The van der Waals surface area contributed by atoms with Crippen molar-refractivity contribution in [2.45, 2.75) is 24.4 Å². The van der Waals surface area contributed by atoms with Gasteiger partial charge >= 0.3 is 0 Å². The Morgan fingerprint density at radius 1 is 0.794 bits per heavy atom. The summed E-state index contributed by atoms with van der Waals surface area (Å²) >= 11 is 4.43. The number of ether oxygens (including phenoxy) is 1. The first-order chi connectivity index (χ1) is 16.7. The summed E-state index contributed by atoms with van der Waals surface area (Å²) in [6.45, 7) is 7.14. The number of thiol groups is 1. The average molecular weight is 473 g/mol. The van der Waals surface area contributed by atoms with E-state index in [0.29, 0.717) is 0 Å². The SMILES string of the molecule is COc1ccc(CCN2CCN(Cc3nc4ccccc4n3Cc3ccc(S)cc3)CC2)cc1. The maximum atomic E-state index is 5.26. The van der Waals surface area contributed by atoms with E-state index in [4.69, 9.17) is 9.72 Å². The van der Waals surface area contributed by atoms with Crippen molar-refractivity contribution in [3.63, 3.8) is 0 Å². The van der Waals surface area contributed by atoms with Crippen LogP contribution in [0.3, 0.4) is 0 Å². The van der Waals surface area contributed by atoms with Crippen molar-refractivity contribution in [3.8, 4) is 5.75 Å². The molecule has 1 saturated heterocycles. The highest BCUT2D eigenvalue weighted by Crippen LogP contribution is 2.21. The number of piperazine rings is 1. The molecular weight excluding hydrogens is 440 g/mol. The van der Waals surface area contributed by atoms with Gasteiger partial charge in [-0.1, -0.05) is 36.4 Å². The van der Waals surface area contributed by atoms with E-state index in [9.17, 15) is 0 Å². The second kappa shape index (κ2) is 10.6. The molecule has 0 N–H and O–H groups in total. The summed E-state index contributed by atoms with van der Waals surface area (Å²) in [6.07, 6.45) is 1.07. The maximum Gasteiger partial charge on any atom is 0.124 e. The van der Waals surface area contributed by atoms with E-state index in [1.165, 1.54) is 16.6 Å². The fourth-order valence-electron chi connectivity index (χ4n) is 4.66. The summed E-state index contributed by atoms with van der Waals surface area (Å²) in [7, 11) is 1.71. The van der Waals surface area contributed by atoms with Crippen LogP contribution in [0.5, 0.6) is 5.75 Å². The van der Waals surface area contributed by atoms with Crippen LogP contribution in [-0.2, 0) is 19.5 Å². The number of para-hydroxylation sites is 2. The van der Waals surface area contributed by atoms with E-state index in [1.54, 1.807) is 7.11 Å². The number of benzene rings is 3. The van der Waals surface area contributed by atoms with Crippen molar-refractivity contribution >= 4 is 23.7 Å². The summed E-state index contributed by atoms with van der Waals surface area (Å²) in [4.78, 5) is 11.1. The van der Waals surface area contributed by atoms with E-state index in [0.717, 1.165) is 74.2 Å². The smallest absolute Gasteiger partial charge is 0.124 e. The normalized spacial score (nSPS) is 15.1. The monoisotopic (exact) mass is 472 g/mol. The highest BCUT2D eigenvalue weighted by molar-refractivity contribution is 7.80. The van der Waals surface area contributed by atoms with Gasteiger partial charge in [0, 0.05) is 44.2 Å². The van der Waals surface area contributed by atoms with Crippen molar-refractivity contribution < 1.29 is 4.74 Å². The molecule has 34 heavy (non-hydrogen) atoms. The van der Waals surface area contributed by atoms with E-state index in [1.807, 2.05) is 12.1 Å². The molecule has 5 nitrogen and oxygen atoms in total. The van der Waals surface area contributed by atoms with Crippen LogP contribution >= 0.6 is 12.6 Å². The number of hydrogen-bond acceptors (Lipinski definition) is 5. The molecule has 0 atom stereocenters. The molecule has 1 aromatic heterocycles. The zero-order valence-electron chi connectivity index (χ0n) is 19.7. The Hall–Kier alpha value is -2.80. The molecule has 0 aliphatic carbocycles. The molecule has 0 amide bonds. The zero-order chi connectivity index (χ0) is 23.3. The van der Waals surface area contributed by atoms with Gasteiger partial charge in [-0.05, 0) is 53.9 Å². The van der Waals surface area contributed by atoms with Crippen LogP contribution in [0.4, 0.5) is 0 Å². The molecule has 0 saturated carbocycles. The molecule has 0 unspecified atom stereocenters. The number of rotatable bonds is 8. The molecule has 6 heteroatoms. The molecule has 1 aliphatic heterocycles. The number of fused-ring (bicyclic) bond motifs is 1. The lowest BCUT2D eigenvalue weighted by Crippen LogP contribution is -2.46. The molecule has 0 spiro atoms. The molecular formula is C28H32N4OS. The van der Waals surface area contributed by atoms with Crippen LogP contribution in [0.15, 0.2) is 77.7 Å². The number of aromatic nitrogens is 2. The maximum absolute atomic E-state index is 5.26.